The maximum absolute atomic E-state index is 6.37. The van der Waals surface area contributed by atoms with Gasteiger partial charge in [-0.25, -0.2) is 4.98 Å². The van der Waals surface area contributed by atoms with Crippen LogP contribution in [0.4, 0.5) is 11.5 Å². The van der Waals surface area contributed by atoms with E-state index in [2.05, 4.69) is 40.4 Å². The molecule has 0 saturated heterocycles. The van der Waals surface area contributed by atoms with Crippen molar-refractivity contribution in [3.63, 3.8) is 0 Å². The number of hydrogen-bond donors (Lipinski definition) is 3. The highest BCUT2D eigenvalue weighted by atomic mass is 35.5. The Balaban J connectivity index is 1.43. The van der Waals surface area contributed by atoms with Gasteiger partial charge in [-0.15, -0.1) is 0 Å². The van der Waals surface area contributed by atoms with Gasteiger partial charge in [-0.05, 0) is 66.9 Å². The molecule has 0 fully saturated rings. The van der Waals surface area contributed by atoms with E-state index < -0.39 is 0 Å². The number of benzene rings is 2. The molecule has 3 heterocycles. The van der Waals surface area contributed by atoms with Crippen LogP contribution in [0.3, 0.4) is 0 Å². The summed E-state index contributed by atoms with van der Waals surface area (Å²) in [7, 11) is 0. The van der Waals surface area contributed by atoms with Crippen LogP contribution >= 0.6 is 11.6 Å². The Morgan fingerprint density at radius 2 is 1.88 bits per heavy atom. The van der Waals surface area contributed by atoms with E-state index >= 15 is 0 Å². The van der Waals surface area contributed by atoms with Gasteiger partial charge in [-0.3, -0.25) is 9.67 Å². The number of aromatic nitrogens is 4. The first kappa shape index (κ1) is 22.1. The summed E-state index contributed by atoms with van der Waals surface area (Å²) in [5, 5.41) is 11.0. The van der Waals surface area contributed by atoms with E-state index in [1.165, 1.54) is 0 Å². The van der Waals surface area contributed by atoms with Crippen molar-refractivity contribution in [3.05, 3.63) is 87.8 Å². The lowest BCUT2D eigenvalue weighted by Gasteiger charge is -2.11. The number of nitrogens with zero attached hydrogens (tertiary/aromatic N) is 4. The molecular weight excluding hydrogens is 446 g/mol. The standard InChI is InChI=1S/C26H26ClN7/c1-15-8-25(29)32-16(2)20(15)12-30-13-23-26-21(28)4-3-5-24(26)34(33-23)14-17-6-7-22-18(9-17)10-19(27)11-31-22/h3-11,30H,12-14,28H2,1-2H3,(H2,29,32). The second kappa shape index (κ2) is 8.93. The van der Waals surface area contributed by atoms with Crippen molar-refractivity contribution < 1.29 is 0 Å². The van der Waals surface area contributed by atoms with Gasteiger partial charge >= 0.3 is 0 Å². The average Bonchev–Trinajstić information content (AvgIpc) is 3.13. The van der Waals surface area contributed by atoms with Crippen molar-refractivity contribution in [1.29, 1.82) is 0 Å². The van der Waals surface area contributed by atoms with Crippen molar-refractivity contribution >= 4 is 44.9 Å². The molecule has 34 heavy (non-hydrogen) atoms. The van der Waals surface area contributed by atoms with E-state index in [1.54, 1.807) is 6.20 Å². The summed E-state index contributed by atoms with van der Waals surface area (Å²) < 4.78 is 2.00. The van der Waals surface area contributed by atoms with Crippen LogP contribution in [0.2, 0.25) is 5.02 Å². The fraction of sp³-hybridized carbons (Fsp3) is 0.192. The molecule has 5 N–H and O–H groups in total. The molecule has 7 nitrogen and oxygen atoms in total. The zero-order valence-electron chi connectivity index (χ0n) is 19.1. The third kappa shape index (κ3) is 4.27. The van der Waals surface area contributed by atoms with E-state index in [-0.39, 0.29) is 0 Å². The summed E-state index contributed by atoms with van der Waals surface area (Å²) in [6.45, 7) is 5.90. The molecule has 0 amide bonds. The molecule has 0 spiro atoms. The number of halogens is 1. The van der Waals surface area contributed by atoms with Crippen LogP contribution in [-0.2, 0) is 19.6 Å². The number of nitrogen functional groups attached to an aromatic ring is 2. The fourth-order valence-electron chi connectivity index (χ4n) is 4.47. The van der Waals surface area contributed by atoms with E-state index in [1.807, 2.05) is 41.9 Å². The maximum Gasteiger partial charge on any atom is 0.123 e. The third-order valence-corrected chi connectivity index (χ3v) is 6.30. The Morgan fingerprint density at radius 1 is 1.03 bits per heavy atom. The minimum atomic E-state index is 0.544. The fourth-order valence-corrected chi connectivity index (χ4v) is 4.63. The Labute approximate surface area is 202 Å². The molecule has 0 saturated carbocycles. The van der Waals surface area contributed by atoms with Crippen LogP contribution in [0.25, 0.3) is 21.8 Å². The Kier molecular flexibility index (Phi) is 5.81. The number of rotatable bonds is 6. The molecule has 0 unspecified atom stereocenters. The number of pyridine rings is 2. The SMILES string of the molecule is Cc1cc(N)nc(C)c1CNCc1nn(Cc2ccc3ncc(Cl)cc3c2)c2cccc(N)c12. The minimum Gasteiger partial charge on any atom is -0.398 e. The lowest BCUT2D eigenvalue weighted by molar-refractivity contribution is 0.639. The molecule has 0 aliphatic rings. The first-order valence-corrected chi connectivity index (χ1v) is 11.5. The van der Waals surface area contributed by atoms with Gasteiger partial charge in [-0.2, -0.15) is 5.10 Å². The monoisotopic (exact) mass is 471 g/mol. The average molecular weight is 472 g/mol. The number of nitrogens with one attached hydrogen (secondary N) is 1. The van der Waals surface area contributed by atoms with Crippen molar-refractivity contribution in [1.82, 2.24) is 25.1 Å². The normalized spacial score (nSPS) is 11.5. The Morgan fingerprint density at radius 3 is 2.71 bits per heavy atom. The molecular formula is C26H26ClN7. The van der Waals surface area contributed by atoms with E-state index in [0.717, 1.165) is 55.6 Å². The summed E-state index contributed by atoms with van der Waals surface area (Å²) in [5.74, 6) is 0.544. The molecule has 0 bridgehead atoms. The van der Waals surface area contributed by atoms with Crippen LogP contribution in [0.5, 0.6) is 0 Å². The lowest BCUT2D eigenvalue weighted by atomic mass is 10.1. The lowest BCUT2D eigenvalue weighted by Crippen LogP contribution is -2.16. The summed E-state index contributed by atoms with van der Waals surface area (Å²) in [5.41, 5.74) is 20.1. The molecule has 5 rings (SSSR count). The van der Waals surface area contributed by atoms with Crippen LogP contribution in [0.15, 0.2) is 54.7 Å². The minimum absolute atomic E-state index is 0.544. The number of anilines is 2. The smallest absolute Gasteiger partial charge is 0.123 e. The van der Waals surface area contributed by atoms with Crippen molar-refractivity contribution in [2.24, 2.45) is 0 Å². The van der Waals surface area contributed by atoms with E-state index in [4.69, 9.17) is 28.2 Å². The van der Waals surface area contributed by atoms with Crippen LogP contribution in [0, 0.1) is 13.8 Å². The van der Waals surface area contributed by atoms with Gasteiger partial charge in [0, 0.05) is 41.4 Å². The Hall–Kier alpha value is -3.68. The van der Waals surface area contributed by atoms with Crippen LogP contribution in [0.1, 0.15) is 28.1 Å². The second-order valence-corrected chi connectivity index (χ2v) is 8.99. The quantitative estimate of drug-likeness (QED) is 0.308. The van der Waals surface area contributed by atoms with Gasteiger partial charge in [0.2, 0.25) is 0 Å². The van der Waals surface area contributed by atoms with Crippen LogP contribution < -0.4 is 16.8 Å². The summed E-state index contributed by atoms with van der Waals surface area (Å²) >= 11 is 6.14. The molecule has 8 heteroatoms. The molecule has 0 atom stereocenters. The molecule has 2 aromatic carbocycles. The van der Waals surface area contributed by atoms with E-state index in [9.17, 15) is 0 Å². The van der Waals surface area contributed by atoms with Crippen LogP contribution in [-0.4, -0.2) is 19.7 Å². The number of aryl methyl sites for hydroxylation is 2. The number of hydrogen-bond acceptors (Lipinski definition) is 6. The molecule has 5 aromatic rings. The highest BCUT2D eigenvalue weighted by Gasteiger charge is 2.14. The maximum atomic E-state index is 6.37. The molecule has 172 valence electrons. The first-order chi connectivity index (χ1) is 16.4. The van der Waals surface area contributed by atoms with Crippen molar-refractivity contribution in [3.8, 4) is 0 Å². The predicted molar refractivity (Wildman–Crippen MR) is 139 cm³/mol. The van der Waals surface area contributed by atoms with Gasteiger partial charge in [-0.1, -0.05) is 23.7 Å². The molecule has 0 aliphatic heterocycles. The summed E-state index contributed by atoms with van der Waals surface area (Å²) in [6, 6.07) is 15.9. The second-order valence-electron chi connectivity index (χ2n) is 8.56. The third-order valence-electron chi connectivity index (χ3n) is 6.10. The van der Waals surface area contributed by atoms with Crippen molar-refractivity contribution in [2.75, 3.05) is 11.5 Å². The van der Waals surface area contributed by atoms with Gasteiger partial charge < -0.3 is 16.8 Å². The largest absolute Gasteiger partial charge is 0.398 e. The zero-order chi connectivity index (χ0) is 23.8. The highest BCUT2D eigenvalue weighted by molar-refractivity contribution is 6.31. The summed E-state index contributed by atoms with van der Waals surface area (Å²) in [6.07, 6.45) is 1.66. The molecule has 3 aromatic heterocycles. The molecule has 0 radical (unpaired) electrons. The molecule has 0 aliphatic carbocycles. The van der Waals surface area contributed by atoms with E-state index in [0.29, 0.717) is 30.5 Å². The van der Waals surface area contributed by atoms with Gasteiger partial charge in [0.15, 0.2) is 0 Å². The van der Waals surface area contributed by atoms with Gasteiger partial charge in [0.25, 0.3) is 0 Å². The Bertz CT molecular complexity index is 1500. The topological polar surface area (TPSA) is 108 Å². The van der Waals surface area contributed by atoms with Gasteiger partial charge in [0.05, 0.1) is 28.3 Å². The summed E-state index contributed by atoms with van der Waals surface area (Å²) in [4.78, 5) is 8.77. The number of nitrogens with two attached hydrogens (primary N) is 2. The highest BCUT2D eigenvalue weighted by Crippen LogP contribution is 2.27. The zero-order valence-corrected chi connectivity index (χ0v) is 19.9. The van der Waals surface area contributed by atoms with Crippen molar-refractivity contribution in [2.45, 2.75) is 33.5 Å². The number of fused-ring (bicyclic) bond motifs is 2. The first-order valence-electron chi connectivity index (χ1n) is 11.1. The van der Waals surface area contributed by atoms with Gasteiger partial charge in [0.1, 0.15) is 5.82 Å². The predicted octanol–water partition coefficient (Wildman–Crippen LogP) is 4.75.